The standard InChI is InChI=1S/C7H15NO4P/c1-4-11-13(10)8-5-7(9)12-6(2)3/h6H,4-5H2,1-3H3,(H,8,10)/q+1. The zero-order valence-corrected chi connectivity index (χ0v) is 8.97. The molecule has 0 aromatic heterocycles. The molecule has 0 heterocycles. The molecule has 0 aliphatic heterocycles. The lowest BCUT2D eigenvalue weighted by Gasteiger charge is -2.04. The molecule has 13 heavy (non-hydrogen) atoms. The summed E-state index contributed by atoms with van der Waals surface area (Å²) in [5, 5.41) is 2.40. The number of rotatable bonds is 6. The zero-order valence-electron chi connectivity index (χ0n) is 8.07. The molecule has 1 atom stereocenters. The maximum atomic E-state index is 10.9. The van der Waals surface area contributed by atoms with Gasteiger partial charge in [-0.2, -0.15) is 0 Å². The molecule has 6 heteroatoms. The van der Waals surface area contributed by atoms with Crippen LogP contribution in [0, 0.1) is 0 Å². The Hall–Kier alpha value is -0.510. The van der Waals surface area contributed by atoms with Crippen molar-refractivity contribution in [2.75, 3.05) is 13.2 Å². The lowest BCUT2D eigenvalue weighted by atomic mass is 10.5. The largest absolute Gasteiger partial charge is 0.613 e. The van der Waals surface area contributed by atoms with Gasteiger partial charge in [-0.1, -0.05) is 5.09 Å². The van der Waals surface area contributed by atoms with E-state index in [-0.39, 0.29) is 12.6 Å². The van der Waals surface area contributed by atoms with E-state index in [0.717, 1.165) is 0 Å². The molecule has 0 aliphatic rings. The van der Waals surface area contributed by atoms with Gasteiger partial charge < -0.3 is 4.74 Å². The molecule has 5 nitrogen and oxygen atoms in total. The summed E-state index contributed by atoms with van der Waals surface area (Å²) in [6.07, 6.45) is -0.153. The third-order valence-electron chi connectivity index (χ3n) is 0.966. The number of esters is 1. The fraction of sp³-hybridized carbons (Fsp3) is 0.857. The molecule has 0 saturated carbocycles. The molecule has 0 rings (SSSR count). The number of hydrogen-bond donors (Lipinski definition) is 1. The van der Waals surface area contributed by atoms with Crippen LogP contribution in [0.25, 0.3) is 0 Å². The van der Waals surface area contributed by atoms with Crippen molar-refractivity contribution in [3.8, 4) is 0 Å². The first kappa shape index (κ1) is 12.5. The van der Waals surface area contributed by atoms with E-state index in [2.05, 4.69) is 9.61 Å². The highest BCUT2D eigenvalue weighted by molar-refractivity contribution is 7.36. The lowest BCUT2D eigenvalue weighted by molar-refractivity contribution is -0.145. The first-order chi connectivity index (χ1) is 6.06. The van der Waals surface area contributed by atoms with Gasteiger partial charge in [0.15, 0.2) is 0 Å². The second-order valence-corrected chi connectivity index (χ2v) is 3.64. The average Bonchev–Trinajstić information content (AvgIpc) is 2.00. The molecule has 0 amide bonds. The minimum Gasteiger partial charge on any atom is -0.462 e. The minimum absolute atomic E-state index is 0.0899. The Kier molecular flexibility index (Phi) is 6.68. The SMILES string of the molecule is CCO[P+](=O)NCC(=O)OC(C)C. The van der Waals surface area contributed by atoms with Crippen LogP contribution in [0.15, 0.2) is 0 Å². The van der Waals surface area contributed by atoms with Crippen LogP contribution in [0.4, 0.5) is 0 Å². The highest BCUT2D eigenvalue weighted by atomic mass is 31.1. The lowest BCUT2D eigenvalue weighted by Crippen LogP contribution is -2.22. The summed E-state index contributed by atoms with van der Waals surface area (Å²) in [7, 11) is -1.94. The van der Waals surface area contributed by atoms with Crippen molar-refractivity contribution in [2.24, 2.45) is 0 Å². The van der Waals surface area contributed by atoms with Crippen molar-refractivity contribution in [1.29, 1.82) is 0 Å². The molecule has 0 aromatic carbocycles. The Balaban J connectivity index is 3.52. The van der Waals surface area contributed by atoms with Gasteiger partial charge in [0.05, 0.1) is 6.10 Å². The molecule has 0 fully saturated rings. The van der Waals surface area contributed by atoms with Crippen molar-refractivity contribution < 1.29 is 18.6 Å². The predicted molar refractivity (Wildman–Crippen MR) is 48.5 cm³/mol. The zero-order chi connectivity index (χ0) is 10.3. The quantitative estimate of drug-likeness (QED) is 0.525. The summed E-state index contributed by atoms with van der Waals surface area (Å²) in [4.78, 5) is 10.9. The Labute approximate surface area is 78.7 Å². The molecule has 0 spiro atoms. The van der Waals surface area contributed by atoms with Gasteiger partial charge in [0.25, 0.3) is 0 Å². The topological polar surface area (TPSA) is 64.6 Å². The van der Waals surface area contributed by atoms with Gasteiger partial charge in [-0.25, -0.2) is 0 Å². The smallest absolute Gasteiger partial charge is 0.462 e. The Bertz CT molecular complexity index is 183. The molecule has 0 aromatic rings. The number of ether oxygens (including phenoxy) is 1. The van der Waals surface area contributed by atoms with Crippen LogP contribution in [-0.2, 0) is 18.6 Å². The van der Waals surface area contributed by atoms with Gasteiger partial charge in [0, 0.05) is 0 Å². The molecule has 1 unspecified atom stereocenters. The second-order valence-electron chi connectivity index (χ2n) is 2.55. The maximum Gasteiger partial charge on any atom is 0.613 e. The number of carbonyl (C=O) groups is 1. The van der Waals surface area contributed by atoms with Crippen molar-refractivity contribution in [1.82, 2.24) is 5.09 Å². The fourth-order valence-corrected chi connectivity index (χ4v) is 1.18. The number of nitrogens with one attached hydrogen (secondary N) is 1. The third kappa shape index (κ3) is 7.84. The van der Waals surface area contributed by atoms with E-state index in [9.17, 15) is 9.36 Å². The summed E-state index contributed by atoms with van der Waals surface area (Å²) in [5.74, 6) is -0.432. The second kappa shape index (κ2) is 6.95. The van der Waals surface area contributed by atoms with Crippen molar-refractivity contribution >= 4 is 14.1 Å². The van der Waals surface area contributed by atoms with Crippen molar-refractivity contribution in [3.05, 3.63) is 0 Å². The van der Waals surface area contributed by atoms with Gasteiger partial charge in [-0.15, -0.1) is 4.52 Å². The minimum atomic E-state index is -1.94. The molecule has 0 aliphatic carbocycles. The van der Waals surface area contributed by atoms with E-state index < -0.39 is 14.1 Å². The first-order valence-electron chi connectivity index (χ1n) is 4.09. The van der Waals surface area contributed by atoms with Crippen LogP contribution in [-0.4, -0.2) is 25.2 Å². The van der Waals surface area contributed by atoms with E-state index in [1.807, 2.05) is 0 Å². The Morgan fingerprint density at radius 3 is 2.62 bits per heavy atom. The van der Waals surface area contributed by atoms with Crippen LogP contribution in [0.2, 0.25) is 0 Å². The number of carbonyl (C=O) groups excluding carboxylic acids is 1. The van der Waals surface area contributed by atoms with Crippen molar-refractivity contribution in [3.63, 3.8) is 0 Å². The van der Waals surface area contributed by atoms with Gasteiger partial charge in [-0.3, -0.25) is 4.79 Å². The van der Waals surface area contributed by atoms with E-state index in [1.54, 1.807) is 20.8 Å². The molecular weight excluding hydrogens is 193 g/mol. The van der Waals surface area contributed by atoms with Gasteiger partial charge in [-0.05, 0) is 25.3 Å². The monoisotopic (exact) mass is 208 g/mol. The summed E-state index contributed by atoms with van der Waals surface area (Å²) < 4.78 is 20.3. The molecule has 0 bridgehead atoms. The van der Waals surface area contributed by atoms with Crippen LogP contribution >= 0.6 is 8.18 Å². The average molecular weight is 208 g/mol. The normalized spacial score (nSPS) is 11.5. The summed E-state index contributed by atoms with van der Waals surface area (Å²) in [6, 6.07) is 0. The third-order valence-corrected chi connectivity index (χ3v) is 1.88. The molecule has 1 N–H and O–H groups in total. The molecule has 76 valence electrons. The van der Waals surface area contributed by atoms with E-state index in [1.165, 1.54) is 0 Å². The Morgan fingerprint density at radius 2 is 2.15 bits per heavy atom. The molecular formula is C7H15NO4P+. The maximum absolute atomic E-state index is 10.9. The summed E-state index contributed by atoms with van der Waals surface area (Å²) >= 11 is 0. The summed E-state index contributed by atoms with van der Waals surface area (Å²) in [6.45, 7) is 5.48. The van der Waals surface area contributed by atoms with E-state index >= 15 is 0 Å². The van der Waals surface area contributed by atoms with Crippen LogP contribution in [0.5, 0.6) is 0 Å². The fourth-order valence-electron chi connectivity index (χ4n) is 0.597. The van der Waals surface area contributed by atoms with E-state index in [0.29, 0.717) is 6.61 Å². The van der Waals surface area contributed by atoms with Crippen LogP contribution < -0.4 is 5.09 Å². The van der Waals surface area contributed by atoms with Crippen molar-refractivity contribution in [2.45, 2.75) is 26.9 Å². The number of hydrogen-bond acceptors (Lipinski definition) is 4. The van der Waals surface area contributed by atoms with Crippen LogP contribution in [0.3, 0.4) is 0 Å². The predicted octanol–water partition coefficient (Wildman–Crippen LogP) is 1.22. The molecule has 0 radical (unpaired) electrons. The summed E-state index contributed by atoms with van der Waals surface area (Å²) in [5.41, 5.74) is 0. The highest BCUT2D eigenvalue weighted by Crippen LogP contribution is 2.14. The van der Waals surface area contributed by atoms with Gasteiger partial charge in [0.2, 0.25) is 0 Å². The highest BCUT2D eigenvalue weighted by Gasteiger charge is 2.18. The van der Waals surface area contributed by atoms with E-state index in [4.69, 9.17) is 4.74 Å². The molecule has 0 saturated heterocycles. The van der Waals surface area contributed by atoms with Crippen LogP contribution in [0.1, 0.15) is 20.8 Å². The first-order valence-corrected chi connectivity index (χ1v) is 5.27. The Morgan fingerprint density at radius 1 is 1.54 bits per heavy atom. The van der Waals surface area contributed by atoms with Gasteiger partial charge >= 0.3 is 14.1 Å². The van der Waals surface area contributed by atoms with Gasteiger partial charge in [0.1, 0.15) is 13.2 Å².